The van der Waals surface area contributed by atoms with Crippen molar-refractivity contribution in [1.82, 2.24) is 0 Å². The zero-order valence-corrected chi connectivity index (χ0v) is 11.9. The number of aliphatic carboxylic acids is 1. The van der Waals surface area contributed by atoms with E-state index in [-0.39, 0.29) is 25.0 Å². The van der Waals surface area contributed by atoms with Gasteiger partial charge >= 0.3 is 12.1 Å². The molecule has 0 spiro atoms. The number of carboxylic acids is 1. The average molecular weight is 337 g/mol. The first-order chi connectivity index (χ1) is 10.7. The van der Waals surface area contributed by atoms with E-state index in [0.29, 0.717) is 6.54 Å². The Kier molecular flexibility index (Phi) is 6.95. The van der Waals surface area contributed by atoms with Crippen LogP contribution in [0.3, 0.4) is 0 Å². The lowest BCUT2D eigenvalue weighted by molar-refractivity contribution is -0.660. The summed E-state index contributed by atoms with van der Waals surface area (Å²) in [5, 5.41) is 10.5. The first-order valence-corrected chi connectivity index (χ1v) is 6.66. The molecular weight excluding hydrogens is 322 g/mol. The summed E-state index contributed by atoms with van der Waals surface area (Å²) in [4.78, 5) is 20.3. The van der Waals surface area contributed by atoms with Crippen LogP contribution in [0.15, 0.2) is 30.3 Å². The molecule has 0 aliphatic carbocycles. The molecule has 0 radical (unpaired) electrons. The number of hydrogen-bond acceptors (Lipinski definition) is 4. The van der Waals surface area contributed by atoms with E-state index in [1.807, 2.05) is 30.3 Å². The molecule has 1 heterocycles. The van der Waals surface area contributed by atoms with Gasteiger partial charge in [0.1, 0.15) is 19.1 Å². The molecule has 1 aromatic carbocycles. The van der Waals surface area contributed by atoms with Crippen molar-refractivity contribution in [1.29, 1.82) is 0 Å². The summed E-state index contributed by atoms with van der Waals surface area (Å²) in [6.45, 7) is 0.631. The van der Waals surface area contributed by atoms with Gasteiger partial charge in [-0.1, -0.05) is 30.3 Å². The van der Waals surface area contributed by atoms with Crippen molar-refractivity contribution >= 4 is 11.9 Å². The monoisotopic (exact) mass is 337 g/mol. The van der Waals surface area contributed by atoms with Crippen molar-refractivity contribution < 1.29 is 42.3 Å². The number of quaternary nitrogens is 1. The molecule has 0 unspecified atom stereocenters. The number of hydrogen-bond donors (Lipinski definition) is 1. The highest BCUT2D eigenvalue weighted by molar-refractivity contribution is 5.74. The average Bonchev–Trinajstić information content (AvgIpc) is 2.92. The number of benzene rings is 1. The summed E-state index contributed by atoms with van der Waals surface area (Å²) in [6, 6.07) is 9.11. The molecule has 2 rings (SSSR count). The van der Waals surface area contributed by atoms with E-state index < -0.39 is 18.3 Å². The molecule has 1 aliphatic heterocycles. The topological polar surface area (TPSA) is 83.0 Å². The van der Waals surface area contributed by atoms with E-state index in [2.05, 4.69) is 0 Å². The minimum absolute atomic E-state index is 0.265. The fourth-order valence-corrected chi connectivity index (χ4v) is 1.81. The molecule has 1 aliphatic rings. The van der Waals surface area contributed by atoms with Crippen LogP contribution in [0.2, 0.25) is 0 Å². The van der Waals surface area contributed by atoms with Crippen LogP contribution in [0.5, 0.6) is 0 Å². The molecule has 0 amide bonds. The van der Waals surface area contributed by atoms with Gasteiger partial charge in [0.25, 0.3) is 0 Å². The van der Waals surface area contributed by atoms with Crippen LogP contribution >= 0.6 is 0 Å². The maximum atomic E-state index is 12.9. The lowest BCUT2D eigenvalue weighted by Crippen LogP contribution is -2.89. The summed E-state index contributed by atoms with van der Waals surface area (Å²) in [7, 11) is 0. The maximum Gasteiger partial charge on any atom is 0.430 e. The Morgan fingerprint density at radius 1 is 1.26 bits per heavy atom. The van der Waals surface area contributed by atoms with Crippen molar-refractivity contribution in [2.24, 2.45) is 0 Å². The minimum atomic E-state index is -5.19. The highest BCUT2D eigenvalue weighted by Crippen LogP contribution is 2.11. The molecule has 5 nitrogen and oxygen atoms in total. The minimum Gasteiger partial charge on any atom is -0.542 e. The third-order valence-corrected chi connectivity index (χ3v) is 2.94. The number of esters is 1. The Morgan fingerprint density at radius 2 is 1.83 bits per heavy atom. The summed E-state index contributed by atoms with van der Waals surface area (Å²) in [6.07, 6.45) is -5.80. The molecule has 1 saturated heterocycles. The molecule has 128 valence electrons. The molecule has 0 saturated carbocycles. The summed E-state index contributed by atoms with van der Waals surface area (Å²) in [5.74, 6) is -3.32. The van der Waals surface area contributed by atoms with E-state index in [9.17, 15) is 22.4 Å². The summed E-state index contributed by atoms with van der Waals surface area (Å²) < 4.78 is 49.5. The van der Waals surface area contributed by atoms with Crippen LogP contribution < -0.4 is 10.4 Å². The van der Waals surface area contributed by atoms with Crippen molar-refractivity contribution in [3.05, 3.63) is 35.9 Å². The highest BCUT2D eigenvalue weighted by Gasteiger charge is 2.34. The van der Waals surface area contributed by atoms with Gasteiger partial charge in [0.15, 0.2) is 12.2 Å². The Balaban J connectivity index is 0.000000322. The smallest absolute Gasteiger partial charge is 0.430 e. The molecule has 0 aromatic heterocycles. The predicted octanol–water partition coefficient (Wildman–Crippen LogP) is -0.298. The van der Waals surface area contributed by atoms with Gasteiger partial charge in [-0.3, -0.25) is 0 Å². The van der Waals surface area contributed by atoms with E-state index in [4.69, 9.17) is 14.6 Å². The quantitative estimate of drug-likeness (QED) is 0.607. The second-order valence-electron chi connectivity index (χ2n) is 4.79. The normalized spacial score (nSPS) is 20.3. The lowest BCUT2D eigenvalue weighted by Gasteiger charge is -2.07. The van der Waals surface area contributed by atoms with Crippen LogP contribution in [0.1, 0.15) is 12.0 Å². The van der Waals surface area contributed by atoms with Crippen LogP contribution in [-0.2, 0) is 20.9 Å². The zero-order valence-electron chi connectivity index (χ0n) is 11.9. The van der Waals surface area contributed by atoms with Crippen molar-refractivity contribution in [2.75, 3.05) is 6.54 Å². The fourth-order valence-electron chi connectivity index (χ4n) is 1.81. The van der Waals surface area contributed by atoms with Gasteiger partial charge < -0.3 is 20.0 Å². The van der Waals surface area contributed by atoms with Crippen molar-refractivity contribution in [3.8, 4) is 0 Å². The Morgan fingerprint density at radius 3 is 2.26 bits per heavy atom. The fraction of sp³-hybridized carbons (Fsp3) is 0.429. The van der Waals surface area contributed by atoms with E-state index >= 15 is 0 Å². The van der Waals surface area contributed by atoms with Gasteiger partial charge in [0.05, 0.1) is 0 Å². The largest absolute Gasteiger partial charge is 0.542 e. The zero-order chi connectivity index (χ0) is 17.5. The molecule has 2 N–H and O–H groups in total. The van der Waals surface area contributed by atoms with Crippen LogP contribution in [0.25, 0.3) is 0 Å². The second-order valence-corrected chi connectivity index (χ2v) is 4.79. The third kappa shape index (κ3) is 7.09. The maximum absolute atomic E-state index is 12.9. The number of carbonyl (C=O) groups is 2. The number of rotatable bonds is 3. The number of nitrogens with two attached hydrogens (primary N) is 1. The first-order valence-electron chi connectivity index (χ1n) is 6.66. The second kappa shape index (κ2) is 8.47. The van der Waals surface area contributed by atoms with Gasteiger partial charge in [-0.15, -0.1) is 0 Å². The third-order valence-electron chi connectivity index (χ3n) is 2.94. The highest BCUT2D eigenvalue weighted by atomic mass is 19.4. The van der Waals surface area contributed by atoms with Crippen LogP contribution in [0.4, 0.5) is 17.6 Å². The Hall–Kier alpha value is -2.16. The Bertz CT molecular complexity index is 521. The number of carbonyl (C=O) groups excluding carboxylic acids is 2. The molecular formula is C14H15F4NO4. The van der Waals surface area contributed by atoms with Crippen molar-refractivity contribution in [2.45, 2.75) is 31.4 Å². The molecule has 0 bridgehead atoms. The summed E-state index contributed by atoms with van der Waals surface area (Å²) >= 11 is 0. The first kappa shape index (κ1) is 18.9. The van der Waals surface area contributed by atoms with Crippen LogP contribution in [-0.4, -0.2) is 36.9 Å². The van der Waals surface area contributed by atoms with E-state index in [1.165, 1.54) is 0 Å². The number of alkyl halides is 4. The van der Waals surface area contributed by atoms with E-state index in [1.54, 1.807) is 5.32 Å². The standard InChI is InChI=1S/C12H14FNO2.C2HF3O2/c13-10-6-11(14-7-10)12(15)16-8-9-4-2-1-3-5-9;3-2(4,5)1(6)7/h1-5,10-11,14H,6-8H2;(H,6,7)/t10-,11+;/m1./s1. The molecule has 1 fully saturated rings. The number of carboxylic acid groups (broad SMARTS) is 1. The van der Waals surface area contributed by atoms with Gasteiger partial charge in [0, 0.05) is 6.42 Å². The van der Waals surface area contributed by atoms with Gasteiger partial charge in [-0.2, -0.15) is 13.2 Å². The van der Waals surface area contributed by atoms with Gasteiger partial charge in [0.2, 0.25) is 0 Å². The SMILES string of the molecule is O=C(OCc1ccccc1)[C@@H]1C[C@@H](F)C[NH2+]1.O=C([O-])C(F)(F)F. The Labute approximate surface area is 129 Å². The molecule has 1 aromatic rings. The number of ether oxygens (including phenoxy) is 1. The molecule has 23 heavy (non-hydrogen) atoms. The lowest BCUT2D eigenvalue weighted by atomic mass is 10.2. The van der Waals surface area contributed by atoms with Gasteiger partial charge in [-0.25, -0.2) is 9.18 Å². The molecule has 9 heteroatoms. The summed E-state index contributed by atoms with van der Waals surface area (Å²) in [5.41, 5.74) is 0.950. The molecule has 2 atom stereocenters. The number of halogens is 4. The van der Waals surface area contributed by atoms with Gasteiger partial charge in [-0.05, 0) is 5.56 Å². The van der Waals surface area contributed by atoms with Crippen molar-refractivity contribution in [3.63, 3.8) is 0 Å². The predicted molar refractivity (Wildman–Crippen MR) is 67.4 cm³/mol. The van der Waals surface area contributed by atoms with Crippen LogP contribution in [0, 0.1) is 0 Å². The van der Waals surface area contributed by atoms with E-state index in [0.717, 1.165) is 5.56 Å².